The van der Waals surface area contributed by atoms with E-state index in [9.17, 15) is 8.78 Å². The van der Waals surface area contributed by atoms with E-state index in [0.29, 0.717) is 11.1 Å². The molecule has 1 aromatic heterocycles. The molecule has 0 saturated carbocycles. The zero-order valence-corrected chi connectivity index (χ0v) is 10.1. The summed E-state index contributed by atoms with van der Waals surface area (Å²) in [6.07, 6.45) is 0. The first-order chi connectivity index (χ1) is 9.06. The van der Waals surface area contributed by atoms with Gasteiger partial charge in [-0.15, -0.1) is 0 Å². The maximum absolute atomic E-state index is 13.8. The molecular formula is C12H6ClF2N3O. The zero-order valence-electron chi connectivity index (χ0n) is 9.32. The van der Waals surface area contributed by atoms with Crippen LogP contribution in [0.15, 0.2) is 28.9 Å². The van der Waals surface area contributed by atoms with Crippen LogP contribution in [-0.4, -0.2) is 10.3 Å². The van der Waals surface area contributed by atoms with Crippen molar-refractivity contribution in [2.45, 2.75) is 0 Å². The molecule has 7 heteroatoms. The van der Waals surface area contributed by atoms with Gasteiger partial charge in [-0.25, -0.2) is 13.4 Å². The molecule has 0 atom stereocenters. The molecule has 0 spiro atoms. The highest BCUT2D eigenvalue weighted by molar-refractivity contribution is 6.33. The summed E-state index contributed by atoms with van der Waals surface area (Å²) < 4.78 is 31.7. The van der Waals surface area contributed by atoms with Crippen LogP contribution >= 0.6 is 11.6 Å². The molecular weight excluding hydrogens is 276 g/mol. The van der Waals surface area contributed by atoms with E-state index in [0.717, 1.165) is 6.07 Å². The van der Waals surface area contributed by atoms with Crippen molar-refractivity contribution < 1.29 is 13.4 Å². The van der Waals surface area contributed by atoms with Crippen LogP contribution < -0.4 is 5.73 Å². The topological polar surface area (TPSA) is 64.9 Å². The summed E-state index contributed by atoms with van der Waals surface area (Å²) in [7, 11) is 0. The highest BCUT2D eigenvalue weighted by Gasteiger charge is 2.14. The van der Waals surface area contributed by atoms with Crippen LogP contribution in [0.2, 0.25) is 5.02 Å². The lowest BCUT2D eigenvalue weighted by Crippen LogP contribution is -1.92. The van der Waals surface area contributed by atoms with E-state index < -0.39 is 11.6 Å². The van der Waals surface area contributed by atoms with Crippen molar-refractivity contribution in [1.29, 1.82) is 0 Å². The van der Waals surface area contributed by atoms with Crippen LogP contribution in [-0.2, 0) is 0 Å². The Morgan fingerprint density at radius 1 is 1.05 bits per heavy atom. The van der Waals surface area contributed by atoms with Gasteiger partial charge in [0.05, 0.1) is 10.7 Å². The first-order valence-electron chi connectivity index (χ1n) is 5.23. The smallest absolute Gasteiger partial charge is 0.170 e. The van der Waals surface area contributed by atoms with Gasteiger partial charge in [-0.2, -0.15) is 0 Å². The van der Waals surface area contributed by atoms with Crippen molar-refractivity contribution >= 4 is 28.3 Å². The molecule has 0 aliphatic heterocycles. The van der Waals surface area contributed by atoms with Crippen molar-refractivity contribution in [1.82, 2.24) is 10.3 Å². The summed E-state index contributed by atoms with van der Waals surface area (Å²) >= 11 is 5.98. The summed E-state index contributed by atoms with van der Waals surface area (Å²) in [5, 5.41) is 7.18. The second-order valence-corrected chi connectivity index (χ2v) is 4.35. The Hall–Kier alpha value is -2.21. The van der Waals surface area contributed by atoms with Crippen LogP contribution in [0.25, 0.3) is 22.2 Å². The Balaban J connectivity index is 2.27. The van der Waals surface area contributed by atoms with Crippen LogP contribution in [0.3, 0.4) is 0 Å². The van der Waals surface area contributed by atoms with Crippen LogP contribution in [0.4, 0.5) is 14.5 Å². The van der Waals surface area contributed by atoms with Crippen molar-refractivity contribution in [3.8, 4) is 11.1 Å². The summed E-state index contributed by atoms with van der Waals surface area (Å²) in [5.74, 6) is -1.25. The largest absolute Gasteiger partial charge is 0.396 e. The van der Waals surface area contributed by atoms with Gasteiger partial charge < -0.3 is 5.73 Å². The Morgan fingerprint density at radius 2 is 1.84 bits per heavy atom. The van der Waals surface area contributed by atoms with E-state index in [1.807, 2.05) is 0 Å². The number of hydrogen-bond acceptors (Lipinski definition) is 4. The van der Waals surface area contributed by atoms with E-state index in [1.165, 1.54) is 18.2 Å². The van der Waals surface area contributed by atoms with E-state index >= 15 is 0 Å². The average molecular weight is 282 g/mol. The average Bonchev–Trinajstić information content (AvgIpc) is 2.82. The predicted molar refractivity (Wildman–Crippen MR) is 66.6 cm³/mol. The number of benzene rings is 2. The fourth-order valence-corrected chi connectivity index (χ4v) is 2.07. The molecule has 4 nitrogen and oxygen atoms in total. The number of anilines is 1. The van der Waals surface area contributed by atoms with Gasteiger partial charge in [0, 0.05) is 5.56 Å². The second-order valence-electron chi connectivity index (χ2n) is 3.94. The lowest BCUT2D eigenvalue weighted by Gasteiger charge is -2.06. The van der Waals surface area contributed by atoms with Gasteiger partial charge in [-0.05, 0) is 40.1 Å². The molecule has 0 aliphatic carbocycles. The van der Waals surface area contributed by atoms with Crippen molar-refractivity contribution in [3.05, 3.63) is 40.9 Å². The molecule has 96 valence electrons. The fourth-order valence-electron chi connectivity index (χ4n) is 1.79. The number of nitrogen functional groups attached to an aromatic ring is 1. The lowest BCUT2D eigenvalue weighted by molar-refractivity contribution is 0.314. The van der Waals surface area contributed by atoms with Gasteiger partial charge in [0.1, 0.15) is 11.3 Å². The zero-order chi connectivity index (χ0) is 13.6. The first kappa shape index (κ1) is 11.9. The van der Waals surface area contributed by atoms with Crippen molar-refractivity contribution in [3.63, 3.8) is 0 Å². The Bertz CT molecular complexity index is 788. The maximum Gasteiger partial charge on any atom is 0.170 e. The molecule has 3 rings (SSSR count). The standard InChI is InChI=1S/C12H6ClF2N3O/c13-7-4-10(16)8(14)3-6(7)5-1-9(15)12-11(2-5)17-19-18-12/h1-4H,16H2. The third kappa shape index (κ3) is 1.90. The Labute approximate surface area is 110 Å². The van der Waals surface area contributed by atoms with Crippen LogP contribution in [0, 0.1) is 11.6 Å². The molecule has 0 unspecified atom stereocenters. The third-order valence-corrected chi connectivity index (χ3v) is 3.02. The Kier molecular flexibility index (Phi) is 2.60. The minimum Gasteiger partial charge on any atom is -0.396 e. The molecule has 0 radical (unpaired) electrons. The number of nitrogens with two attached hydrogens (primary N) is 1. The van der Waals surface area contributed by atoms with Crippen LogP contribution in [0.5, 0.6) is 0 Å². The quantitative estimate of drug-likeness (QED) is 0.694. The predicted octanol–water partition coefficient (Wildman–Crippen LogP) is 3.40. The fraction of sp³-hybridized carbons (Fsp3) is 0. The maximum atomic E-state index is 13.8. The van der Waals surface area contributed by atoms with E-state index in [4.69, 9.17) is 17.3 Å². The van der Waals surface area contributed by atoms with Gasteiger partial charge in [0.25, 0.3) is 0 Å². The highest BCUT2D eigenvalue weighted by atomic mass is 35.5. The summed E-state index contributed by atoms with van der Waals surface area (Å²) in [4.78, 5) is 0. The van der Waals surface area contributed by atoms with Crippen LogP contribution in [0.1, 0.15) is 0 Å². The van der Waals surface area contributed by atoms with Gasteiger partial charge in [-0.3, -0.25) is 0 Å². The molecule has 0 fully saturated rings. The summed E-state index contributed by atoms with van der Waals surface area (Å²) in [6.45, 7) is 0. The molecule has 0 aliphatic rings. The molecule has 0 bridgehead atoms. The van der Waals surface area contributed by atoms with Gasteiger partial charge in [0.15, 0.2) is 11.3 Å². The third-order valence-electron chi connectivity index (χ3n) is 2.71. The normalized spacial score (nSPS) is 11.1. The monoisotopic (exact) mass is 281 g/mol. The number of fused-ring (bicyclic) bond motifs is 1. The molecule has 2 aromatic carbocycles. The summed E-state index contributed by atoms with van der Waals surface area (Å²) in [5.41, 5.74) is 6.25. The molecule has 2 N–H and O–H groups in total. The van der Waals surface area contributed by atoms with E-state index in [1.54, 1.807) is 0 Å². The Morgan fingerprint density at radius 3 is 2.63 bits per heavy atom. The van der Waals surface area contributed by atoms with Crippen molar-refractivity contribution in [2.75, 3.05) is 5.73 Å². The number of halogens is 3. The van der Waals surface area contributed by atoms with Crippen molar-refractivity contribution in [2.24, 2.45) is 0 Å². The molecule has 0 saturated heterocycles. The first-order valence-corrected chi connectivity index (χ1v) is 5.61. The molecule has 0 amide bonds. The molecule has 3 aromatic rings. The van der Waals surface area contributed by atoms with Gasteiger partial charge in [-0.1, -0.05) is 11.6 Å². The summed E-state index contributed by atoms with van der Waals surface area (Å²) in [6, 6.07) is 5.11. The minimum atomic E-state index is -0.627. The van der Waals surface area contributed by atoms with Gasteiger partial charge in [0.2, 0.25) is 0 Å². The highest BCUT2D eigenvalue weighted by Crippen LogP contribution is 2.33. The van der Waals surface area contributed by atoms with E-state index in [2.05, 4.69) is 14.9 Å². The van der Waals surface area contributed by atoms with E-state index in [-0.39, 0.29) is 21.7 Å². The number of hydrogen-bond donors (Lipinski definition) is 1. The minimum absolute atomic E-state index is 0.00999. The lowest BCUT2D eigenvalue weighted by atomic mass is 10.0. The molecule has 1 heterocycles. The molecule has 19 heavy (non-hydrogen) atoms. The second kappa shape index (κ2) is 4.17. The number of nitrogens with zero attached hydrogens (tertiary/aromatic N) is 2. The van der Waals surface area contributed by atoms with Gasteiger partial charge >= 0.3 is 0 Å². The number of aromatic nitrogens is 2. The number of rotatable bonds is 1. The SMILES string of the molecule is Nc1cc(Cl)c(-c2cc(F)c3nonc3c2)cc1F.